The van der Waals surface area contributed by atoms with Gasteiger partial charge in [-0.2, -0.15) is 0 Å². The minimum Gasteiger partial charge on any atom is -0.481 e. The Kier molecular flexibility index (Phi) is 4.20. The van der Waals surface area contributed by atoms with Crippen LogP contribution in [0.3, 0.4) is 0 Å². The predicted molar refractivity (Wildman–Crippen MR) is 71.5 cm³/mol. The van der Waals surface area contributed by atoms with Crippen LogP contribution in [0, 0.1) is 11.8 Å². The van der Waals surface area contributed by atoms with E-state index in [-0.39, 0.29) is 11.8 Å². The van der Waals surface area contributed by atoms with Crippen molar-refractivity contribution in [3.63, 3.8) is 0 Å². The summed E-state index contributed by atoms with van der Waals surface area (Å²) in [6.07, 6.45) is 2.65. The lowest BCUT2D eigenvalue weighted by Gasteiger charge is -2.06. The maximum Gasteiger partial charge on any atom is 0.307 e. The van der Waals surface area contributed by atoms with E-state index in [1.807, 2.05) is 12.1 Å². The maximum atomic E-state index is 11.7. The third kappa shape index (κ3) is 3.56. The highest BCUT2D eigenvalue weighted by Gasteiger charge is 2.48. The first-order valence-electron chi connectivity index (χ1n) is 6.70. The lowest BCUT2D eigenvalue weighted by molar-refractivity contribution is -0.140. The van der Waals surface area contributed by atoms with Gasteiger partial charge >= 0.3 is 5.97 Å². The van der Waals surface area contributed by atoms with Gasteiger partial charge in [0.2, 0.25) is 5.91 Å². The molecule has 1 saturated carbocycles. The van der Waals surface area contributed by atoms with Gasteiger partial charge in [-0.3, -0.25) is 9.59 Å². The molecule has 2 unspecified atom stereocenters. The number of benzene rings is 1. The van der Waals surface area contributed by atoms with E-state index < -0.39 is 11.9 Å². The fourth-order valence-corrected chi connectivity index (χ4v) is 2.19. The second-order valence-electron chi connectivity index (χ2n) is 5.07. The third-order valence-electron chi connectivity index (χ3n) is 3.47. The van der Waals surface area contributed by atoms with Gasteiger partial charge in [-0.15, -0.1) is 0 Å². The minimum absolute atomic E-state index is 0.148. The second-order valence-corrected chi connectivity index (χ2v) is 5.07. The summed E-state index contributed by atoms with van der Waals surface area (Å²) in [6, 6.07) is 8.16. The summed E-state index contributed by atoms with van der Waals surface area (Å²) in [5.74, 6) is -1.84. The normalized spacial score (nSPS) is 20.9. The van der Waals surface area contributed by atoms with E-state index in [0.717, 1.165) is 18.4 Å². The van der Waals surface area contributed by atoms with Crippen LogP contribution in [0.2, 0.25) is 0 Å². The number of carbonyl (C=O) groups excluding carboxylic acids is 1. The van der Waals surface area contributed by atoms with Crippen molar-refractivity contribution < 1.29 is 14.7 Å². The number of carbonyl (C=O) groups is 2. The number of hydrogen-bond acceptors (Lipinski definition) is 2. The molecule has 102 valence electrons. The molecule has 2 rings (SSSR count). The maximum absolute atomic E-state index is 11.7. The van der Waals surface area contributed by atoms with Gasteiger partial charge in [0.1, 0.15) is 0 Å². The van der Waals surface area contributed by atoms with Gasteiger partial charge in [-0.1, -0.05) is 37.6 Å². The zero-order valence-electron chi connectivity index (χ0n) is 11.1. The molecule has 0 aromatic heterocycles. The summed E-state index contributed by atoms with van der Waals surface area (Å²) in [5, 5.41) is 11.6. The molecular weight excluding hydrogens is 242 g/mol. The van der Waals surface area contributed by atoms with Crippen LogP contribution in [0.4, 0.5) is 0 Å². The van der Waals surface area contributed by atoms with Crippen molar-refractivity contribution >= 4 is 11.9 Å². The van der Waals surface area contributed by atoms with Crippen LogP contribution in [0.5, 0.6) is 0 Å². The van der Waals surface area contributed by atoms with Crippen molar-refractivity contribution in [1.82, 2.24) is 5.32 Å². The van der Waals surface area contributed by atoms with Crippen LogP contribution >= 0.6 is 0 Å². The van der Waals surface area contributed by atoms with Gasteiger partial charge in [0, 0.05) is 6.54 Å². The zero-order valence-corrected chi connectivity index (χ0v) is 11.1. The Bertz CT molecular complexity index is 467. The van der Waals surface area contributed by atoms with Crippen LogP contribution in [-0.2, 0) is 22.6 Å². The van der Waals surface area contributed by atoms with Crippen molar-refractivity contribution in [1.29, 1.82) is 0 Å². The number of aliphatic carboxylic acids is 1. The largest absolute Gasteiger partial charge is 0.481 e. The Morgan fingerprint density at radius 3 is 2.37 bits per heavy atom. The highest BCUT2D eigenvalue weighted by atomic mass is 16.4. The second kappa shape index (κ2) is 5.87. The molecule has 1 fully saturated rings. The van der Waals surface area contributed by atoms with Crippen LogP contribution in [0.1, 0.15) is 30.9 Å². The van der Waals surface area contributed by atoms with Gasteiger partial charge in [-0.25, -0.2) is 0 Å². The molecule has 0 saturated heterocycles. The SMILES string of the molecule is CCCc1ccc(CNC(=O)C2CC2C(=O)O)cc1. The number of nitrogens with one attached hydrogen (secondary N) is 1. The van der Waals surface area contributed by atoms with Gasteiger partial charge < -0.3 is 10.4 Å². The Balaban J connectivity index is 1.79. The van der Waals surface area contributed by atoms with Crippen molar-refractivity contribution in [3.8, 4) is 0 Å². The molecule has 19 heavy (non-hydrogen) atoms. The lowest BCUT2D eigenvalue weighted by atomic mass is 10.1. The van der Waals surface area contributed by atoms with Gasteiger partial charge in [0.25, 0.3) is 0 Å². The Hall–Kier alpha value is -1.84. The standard InChI is InChI=1S/C15H19NO3/c1-2-3-10-4-6-11(7-5-10)9-16-14(17)12-8-13(12)15(18)19/h4-7,12-13H,2-3,8-9H2,1H3,(H,16,17)(H,18,19). The monoisotopic (exact) mass is 261 g/mol. The number of carboxylic acids is 1. The minimum atomic E-state index is -0.871. The van der Waals surface area contributed by atoms with Gasteiger partial charge in [-0.05, 0) is 24.0 Å². The average Bonchev–Trinajstić information content (AvgIpc) is 3.18. The summed E-state index contributed by atoms with van der Waals surface area (Å²) in [4.78, 5) is 22.4. The van der Waals surface area contributed by atoms with Crippen molar-refractivity contribution in [3.05, 3.63) is 35.4 Å². The fourth-order valence-electron chi connectivity index (χ4n) is 2.19. The molecule has 0 radical (unpaired) electrons. The first kappa shape index (κ1) is 13.6. The molecule has 2 atom stereocenters. The zero-order chi connectivity index (χ0) is 13.8. The lowest BCUT2D eigenvalue weighted by Crippen LogP contribution is -2.25. The third-order valence-corrected chi connectivity index (χ3v) is 3.47. The van der Waals surface area contributed by atoms with E-state index in [2.05, 4.69) is 24.4 Å². The number of carboxylic acid groups (broad SMARTS) is 1. The molecule has 1 aromatic carbocycles. The Labute approximate surface area is 112 Å². The van der Waals surface area contributed by atoms with E-state index in [1.54, 1.807) is 0 Å². The van der Waals surface area contributed by atoms with E-state index in [0.29, 0.717) is 13.0 Å². The molecule has 1 aliphatic rings. The summed E-state index contributed by atoms with van der Waals surface area (Å²) < 4.78 is 0. The first-order valence-corrected chi connectivity index (χ1v) is 6.70. The van der Waals surface area contributed by atoms with E-state index in [9.17, 15) is 9.59 Å². The van der Waals surface area contributed by atoms with Crippen molar-refractivity contribution in [2.45, 2.75) is 32.7 Å². The molecule has 1 amide bonds. The topological polar surface area (TPSA) is 66.4 Å². The van der Waals surface area contributed by atoms with E-state index in [4.69, 9.17) is 5.11 Å². The summed E-state index contributed by atoms with van der Waals surface area (Å²) in [6.45, 7) is 2.61. The molecule has 2 N–H and O–H groups in total. The van der Waals surface area contributed by atoms with Crippen LogP contribution in [0.15, 0.2) is 24.3 Å². The molecule has 4 nitrogen and oxygen atoms in total. The van der Waals surface area contributed by atoms with E-state index >= 15 is 0 Å². The first-order chi connectivity index (χ1) is 9.11. The van der Waals surface area contributed by atoms with Crippen LogP contribution in [0.25, 0.3) is 0 Å². The van der Waals surface area contributed by atoms with Crippen molar-refractivity contribution in [2.24, 2.45) is 11.8 Å². The van der Waals surface area contributed by atoms with E-state index in [1.165, 1.54) is 5.56 Å². The quantitative estimate of drug-likeness (QED) is 0.822. The Morgan fingerprint density at radius 1 is 1.21 bits per heavy atom. The molecule has 0 bridgehead atoms. The summed E-state index contributed by atoms with van der Waals surface area (Å²) in [7, 11) is 0. The molecule has 4 heteroatoms. The molecule has 0 aliphatic heterocycles. The average molecular weight is 261 g/mol. The molecule has 0 spiro atoms. The Morgan fingerprint density at radius 2 is 1.84 bits per heavy atom. The number of aryl methyl sites for hydroxylation is 1. The molecule has 0 heterocycles. The molecular formula is C15H19NO3. The predicted octanol–water partition coefficient (Wildman–Crippen LogP) is 1.98. The van der Waals surface area contributed by atoms with Crippen LogP contribution in [-0.4, -0.2) is 17.0 Å². The molecule has 1 aliphatic carbocycles. The number of rotatable bonds is 6. The number of hydrogen-bond donors (Lipinski definition) is 2. The highest BCUT2D eigenvalue weighted by Crippen LogP contribution is 2.38. The van der Waals surface area contributed by atoms with Gasteiger partial charge in [0.05, 0.1) is 11.8 Å². The molecule has 1 aromatic rings. The van der Waals surface area contributed by atoms with Crippen molar-refractivity contribution in [2.75, 3.05) is 0 Å². The summed E-state index contributed by atoms with van der Waals surface area (Å²) >= 11 is 0. The number of amides is 1. The van der Waals surface area contributed by atoms with Crippen LogP contribution < -0.4 is 5.32 Å². The fraction of sp³-hybridized carbons (Fsp3) is 0.467. The smallest absolute Gasteiger partial charge is 0.307 e. The summed E-state index contributed by atoms with van der Waals surface area (Å²) in [5.41, 5.74) is 2.34. The highest BCUT2D eigenvalue weighted by molar-refractivity contribution is 5.89. The van der Waals surface area contributed by atoms with Gasteiger partial charge in [0.15, 0.2) is 0 Å².